The third kappa shape index (κ3) is 5.74. The molecule has 2 aromatic carbocycles. The Kier molecular flexibility index (Phi) is 8.54. The van der Waals surface area contributed by atoms with Crippen molar-refractivity contribution < 1.29 is 9.53 Å². The number of thiazole rings is 1. The highest BCUT2D eigenvalue weighted by Crippen LogP contribution is 2.34. The quantitative estimate of drug-likeness (QED) is 0.383. The van der Waals surface area contributed by atoms with E-state index in [2.05, 4.69) is 30.9 Å². The van der Waals surface area contributed by atoms with Crippen molar-refractivity contribution in [3.63, 3.8) is 0 Å². The summed E-state index contributed by atoms with van der Waals surface area (Å²) in [7, 11) is 1.65. The van der Waals surface area contributed by atoms with Gasteiger partial charge in [-0.3, -0.25) is 9.69 Å². The van der Waals surface area contributed by atoms with E-state index < -0.39 is 0 Å². The number of thioether (sulfide) groups is 1. The molecule has 0 fully saturated rings. The molecule has 0 saturated heterocycles. The first-order chi connectivity index (χ1) is 14.7. The molecule has 1 aromatic heterocycles. The number of para-hydroxylation sites is 1. The Morgan fingerprint density at radius 2 is 1.83 bits per heavy atom. The lowest BCUT2D eigenvalue weighted by molar-refractivity contribution is -0.118. The molecule has 5 nitrogen and oxygen atoms in total. The zero-order valence-electron chi connectivity index (χ0n) is 17.8. The topological polar surface area (TPSA) is 45.7 Å². The van der Waals surface area contributed by atoms with Crippen LogP contribution < -0.4 is 9.64 Å². The number of carbonyl (C=O) groups excluding carboxylic acids is 1. The molecule has 3 aromatic rings. The first kappa shape index (κ1) is 22.6. The van der Waals surface area contributed by atoms with Crippen LogP contribution in [0.3, 0.4) is 0 Å². The van der Waals surface area contributed by atoms with E-state index in [1.165, 1.54) is 4.90 Å². The first-order valence-electron chi connectivity index (χ1n) is 10.3. The zero-order valence-corrected chi connectivity index (χ0v) is 19.5. The predicted octanol–water partition coefficient (Wildman–Crippen LogP) is 5.16. The molecule has 0 aliphatic heterocycles. The highest BCUT2D eigenvalue weighted by molar-refractivity contribution is 7.99. The van der Waals surface area contributed by atoms with Crippen molar-refractivity contribution in [3.8, 4) is 5.75 Å². The van der Waals surface area contributed by atoms with E-state index in [9.17, 15) is 4.79 Å². The molecular weight excluding hydrogens is 414 g/mol. The lowest BCUT2D eigenvalue weighted by Crippen LogP contribution is -2.39. The van der Waals surface area contributed by atoms with Crippen LogP contribution in [0.2, 0.25) is 0 Å². The average Bonchev–Trinajstić information content (AvgIpc) is 3.21. The summed E-state index contributed by atoms with van der Waals surface area (Å²) in [6, 6.07) is 16.1. The summed E-state index contributed by atoms with van der Waals surface area (Å²) in [6.07, 6.45) is 0.477. The fraction of sp³-hybridized carbons (Fsp3) is 0.391. The highest BCUT2D eigenvalue weighted by atomic mass is 32.2. The Labute approximate surface area is 187 Å². The smallest absolute Gasteiger partial charge is 0.229 e. The highest BCUT2D eigenvalue weighted by Gasteiger charge is 2.21. The second-order valence-corrected chi connectivity index (χ2v) is 8.96. The van der Waals surface area contributed by atoms with Gasteiger partial charge in [-0.05, 0) is 37.4 Å². The van der Waals surface area contributed by atoms with Crippen LogP contribution in [0.4, 0.5) is 5.13 Å². The Morgan fingerprint density at radius 3 is 2.53 bits per heavy atom. The molecule has 0 atom stereocenters. The second-order valence-electron chi connectivity index (χ2n) is 6.79. The van der Waals surface area contributed by atoms with Crippen molar-refractivity contribution in [2.24, 2.45) is 0 Å². The number of ether oxygens (including phenoxy) is 1. The molecule has 0 N–H and O–H groups in total. The maximum atomic E-state index is 13.2. The van der Waals surface area contributed by atoms with Gasteiger partial charge in [0.25, 0.3) is 0 Å². The number of likely N-dealkylation sites (N-methyl/N-ethyl adjacent to an activating group) is 1. The van der Waals surface area contributed by atoms with Gasteiger partial charge in [-0.1, -0.05) is 49.4 Å². The van der Waals surface area contributed by atoms with Crippen molar-refractivity contribution >= 4 is 44.4 Å². The number of hydrogen-bond acceptors (Lipinski definition) is 6. The van der Waals surface area contributed by atoms with Gasteiger partial charge < -0.3 is 9.64 Å². The molecular formula is C23H29N3O2S2. The van der Waals surface area contributed by atoms with Crippen LogP contribution in [0, 0.1) is 0 Å². The zero-order chi connectivity index (χ0) is 21.3. The summed E-state index contributed by atoms with van der Waals surface area (Å²) in [6.45, 7) is 7.70. The molecule has 7 heteroatoms. The maximum Gasteiger partial charge on any atom is 0.229 e. The summed E-state index contributed by atoms with van der Waals surface area (Å²) >= 11 is 3.26. The molecule has 1 amide bonds. The minimum atomic E-state index is 0.114. The number of aromatic nitrogens is 1. The lowest BCUT2D eigenvalue weighted by Gasteiger charge is -2.24. The number of benzene rings is 2. The number of nitrogens with zero attached hydrogens (tertiary/aromatic N) is 3. The number of methoxy groups -OCH3 is 1. The fourth-order valence-electron chi connectivity index (χ4n) is 3.21. The fourth-order valence-corrected chi connectivity index (χ4v) is 5.10. The molecule has 0 saturated carbocycles. The monoisotopic (exact) mass is 443 g/mol. The SMILES string of the molecule is CCN(CC)CCN(C(=O)CCSc1ccccc1)c1nc2c(OC)cccc2s1. The largest absolute Gasteiger partial charge is 0.494 e. The van der Waals surface area contributed by atoms with E-state index in [4.69, 9.17) is 9.72 Å². The molecule has 0 aliphatic carbocycles. The molecule has 0 bridgehead atoms. The van der Waals surface area contributed by atoms with Gasteiger partial charge in [-0.2, -0.15) is 0 Å². The van der Waals surface area contributed by atoms with E-state index in [0.29, 0.717) is 13.0 Å². The van der Waals surface area contributed by atoms with Gasteiger partial charge in [0.05, 0.1) is 11.8 Å². The van der Waals surface area contributed by atoms with E-state index in [1.54, 1.807) is 30.2 Å². The molecule has 0 aliphatic rings. The summed E-state index contributed by atoms with van der Waals surface area (Å²) < 4.78 is 6.49. The van der Waals surface area contributed by atoms with Gasteiger partial charge in [-0.15, -0.1) is 11.8 Å². The minimum Gasteiger partial charge on any atom is -0.494 e. The Balaban J connectivity index is 1.76. The molecule has 3 rings (SSSR count). The third-order valence-electron chi connectivity index (χ3n) is 4.98. The Morgan fingerprint density at radius 1 is 1.07 bits per heavy atom. The van der Waals surface area contributed by atoms with Gasteiger partial charge in [-0.25, -0.2) is 4.98 Å². The van der Waals surface area contributed by atoms with Crippen molar-refractivity contribution in [3.05, 3.63) is 48.5 Å². The lowest BCUT2D eigenvalue weighted by atomic mass is 10.3. The first-order valence-corrected chi connectivity index (χ1v) is 12.1. The average molecular weight is 444 g/mol. The number of anilines is 1. The van der Waals surface area contributed by atoms with Crippen LogP contribution in [0.25, 0.3) is 10.2 Å². The van der Waals surface area contributed by atoms with Crippen molar-refractivity contribution in [1.29, 1.82) is 0 Å². The number of amides is 1. The molecule has 1 heterocycles. The summed E-state index contributed by atoms with van der Waals surface area (Å²) in [4.78, 5) is 23.3. The molecule has 0 spiro atoms. The van der Waals surface area contributed by atoms with Crippen LogP contribution in [0.15, 0.2) is 53.4 Å². The summed E-state index contributed by atoms with van der Waals surface area (Å²) in [5.74, 6) is 1.60. The summed E-state index contributed by atoms with van der Waals surface area (Å²) in [5, 5.41) is 0.747. The normalized spacial score (nSPS) is 11.2. The molecule has 160 valence electrons. The standard InChI is InChI=1S/C23H29N3O2S2/c1-4-25(5-2)15-16-26(21(27)14-17-29-18-10-7-6-8-11-18)23-24-22-19(28-3)12-9-13-20(22)30-23/h6-13H,4-5,14-17H2,1-3H3. The van der Waals surface area contributed by atoms with Crippen LogP contribution in [-0.4, -0.2) is 54.8 Å². The Bertz CT molecular complexity index is 942. The van der Waals surface area contributed by atoms with Crippen LogP contribution >= 0.6 is 23.1 Å². The van der Waals surface area contributed by atoms with Gasteiger partial charge in [0, 0.05) is 30.2 Å². The number of fused-ring (bicyclic) bond motifs is 1. The maximum absolute atomic E-state index is 13.2. The van der Waals surface area contributed by atoms with E-state index in [0.717, 1.165) is 46.5 Å². The van der Waals surface area contributed by atoms with E-state index >= 15 is 0 Å². The Hall–Kier alpha value is -2.09. The second kappa shape index (κ2) is 11.3. The van der Waals surface area contributed by atoms with E-state index in [1.807, 2.05) is 41.3 Å². The molecule has 0 radical (unpaired) electrons. The van der Waals surface area contributed by atoms with Crippen LogP contribution in [0.5, 0.6) is 5.75 Å². The van der Waals surface area contributed by atoms with Gasteiger partial charge in [0.15, 0.2) is 5.13 Å². The summed E-state index contributed by atoms with van der Waals surface area (Å²) in [5.41, 5.74) is 0.819. The third-order valence-corrected chi connectivity index (χ3v) is 7.04. The van der Waals surface area contributed by atoms with Crippen molar-refractivity contribution in [2.75, 3.05) is 43.9 Å². The molecule has 30 heavy (non-hydrogen) atoms. The van der Waals surface area contributed by atoms with Crippen molar-refractivity contribution in [2.45, 2.75) is 25.2 Å². The van der Waals surface area contributed by atoms with Gasteiger partial charge in [0.2, 0.25) is 5.91 Å². The number of carbonyl (C=O) groups is 1. The number of hydrogen-bond donors (Lipinski definition) is 0. The minimum absolute atomic E-state index is 0.114. The van der Waals surface area contributed by atoms with E-state index in [-0.39, 0.29) is 5.91 Å². The van der Waals surface area contributed by atoms with Crippen LogP contribution in [0.1, 0.15) is 20.3 Å². The predicted molar refractivity (Wildman–Crippen MR) is 128 cm³/mol. The van der Waals surface area contributed by atoms with Gasteiger partial charge in [0.1, 0.15) is 11.3 Å². The van der Waals surface area contributed by atoms with Crippen molar-refractivity contribution in [1.82, 2.24) is 9.88 Å². The number of rotatable bonds is 11. The van der Waals surface area contributed by atoms with Gasteiger partial charge >= 0.3 is 0 Å². The molecule has 0 unspecified atom stereocenters. The van der Waals surface area contributed by atoms with Crippen LogP contribution in [-0.2, 0) is 4.79 Å².